The van der Waals surface area contributed by atoms with E-state index in [4.69, 9.17) is 4.74 Å². The summed E-state index contributed by atoms with van der Waals surface area (Å²) in [6, 6.07) is 7.75. The van der Waals surface area contributed by atoms with Gasteiger partial charge in [0.15, 0.2) is 5.78 Å². The van der Waals surface area contributed by atoms with Crippen LogP contribution in [0.1, 0.15) is 21.5 Å². The first-order chi connectivity index (χ1) is 9.43. The van der Waals surface area contributed by atoms with Crippen molar-refractivity contribution in [3.8, 4) is 5.75 Å². The quantitative estimate of drug-likeness (QED) is 0.683. The van der Waals surface area contributed by atoms with Gasteiger partial charge in [-0.05, 0) is 42.8 Å². The number of rotatable bonds is 3. The molecule has 0 aliphatic heterocycles. The Labute approximate surface area is 133 Å². The second-order valence-corrected chi connectivity index (χ2v) is 6.02. The molecular formula is C15H11Br2FO2. The molecule has 0 aromatic heterocycles. The van der Waals surface area contributed by atoms with Crippen LogP contribution in [0.3, 0.4) is 0 Å². The highest BCUT2D eigenvalue weighted by molar-refractivity contribution is 9.10. The normalized spacial score (nSPS) is 10.4. The number of benzene rings is 2. The van der Waals surface area contributed by atoms with E-state index >= 15 is 0 Å². The zero-order valence-electron chi connectivity index (χ0n) is 10.8. The highest BCUT2D eigenvalue weighted by Gasteiger charge is 2.19. The molecule has 0 saturated heterocycles. The summed E-state index contributed by atoms with van der Waals surface area (Å²) in [6.45, 7) is 1.89. The topological polar surface area (TPSA) is 26.3 Å². The van der Waals surface area contributed by atoms with Crippen LogP contribution in [0, 0.1) is 12.7 Å². The maximum absolute atomic E-state index is 13.9. The van der Waals surface area contributed by atoms with Crippen LogP contribution in [-0.2, 0) is 0 Å². The zero-order chi connectivity index (χ0) is 14.9. The third kappa shape index (κ3) is 2.94. The Morgan fingerprint density at radius 3 is 2.45 bits per heavy atom. The largest absolute Gasteiger partial charge is 0.496 e. The van der Waals surface area contributed by atoms with Crippen molar-refractivity contribution in [3.05, 3.63) is 61.8 Å². The molecule has 0 unspecified atom stereocenters. The summed E-state index contributed by atoms with van der Waals surface area (Å²) >= 11 is 6.54. The number of ether oxygens (including phenoxy) is 1. The van der Waals surface area contributed by atoms with Gasteiger partial charge in [0, 0.05) is 8.95 Å². The number of aryl methyl sites for hydroxylation is 1. The standard InChI is InChI=1S/C15H11Br2FO2/c1-8-5-14(20-2)11(7-12(8)17)15(19)10-4-3-9(16)6-13(10)18/h3-7H,1-2H3. The molecule has 2 nitrogen and oxygen atoms in total. The number of hydrogen-bond donors (Lipinski definition) is 0. The molecule has 0 N–H and O–H groups in total. The third-order valence-corrected chi connectivity index (χ3v) is 4.25. The Morgan fingerprint density at radius 2 is 1.85 bits per heavy atom. The van der Waals surface area contributed by atoms with Gasteiger partial charge < -0.3 is 4.74 Å². The van der Waals surface area contributed by atoms with E-state index in [1.807, 2.05) is 6.92 Å². The van der Waals surface area contributed by atoms with Crippen molar-refractivity contribution in [2.24, 2.45) is 0 Å². The molecular weight excluding hydrogens is 391 g/mol. The number of carbonyl (C=O) groups excluding carboxylic acids is 1. The van der Waals surface area contributed by atoms with Gasteiger partial charge in [-0.1, -0.05) is 31.9 Å². The first kappa shape index (κ1) is 15.2. The van der Waals surface area contributed by atoms with E-state index in [1.54, 1.807) is 18.2 Å². The maximum Gasteiger partial charge on any atom is 0.199 e. The van der Waals surface area contributed by atoms with Crippen molar-refractivity contribution < 1.29 is 13.9 Å². The fraction of sp³-hybridized carbons (Fsp3) is 0.133. The van der Waals surface area contributed by atoms with Crippen LogP contribution in [0.5, 0.6) is 5.75 Å². The fourth-order valence-corrected chi connectivity index (χ4v) is 2.50. The number of methoxy groups -OCH3 is 1. The van der Waals surface area contributed by atoms with Crippen molar-refractivity contribution in [1.82, 2.24) is 0 Å². The highest BCUT2D eigenvalue weighted by Crippen LogP contribution is 2.29. The SMILES string of the molecule is COc1cc(C)c(Br)cc1C(=O)c1ccc(Br)cc1F. The predicted molar refractivity (Wildman–Crippen MR) is 83.0 cm³/mol. The van der Waals surface area contributed by atoms with Crippen LogP contribution in [-0.4, -0.2) is 12.9 Å². The molecule has 2 aromatic rings. The van der Waals surface area contributed by atoms with Gasteiger partial charge in [0.1, 0.15) is 11.6 Å². The van der Waals surface area contributed by atoms with Gasteiger partial charge in [0.2, 0.25) is 0 Å². The molecule has 0 spiro atoms. The summed E-state index contributed by atoms with van der Waals surface area (Å²) < 4.78 is 20.5. The Bertz CT molecular complexity index is 684. The predicted octanol–water partition coefficient (Wildman–Crippen LogP) is 4.90. The summed E-state index contributed by atoms with van der Waals surface area (Å²) in [4.78, 5) is 12.5. The van der Waals surface area contributed by atoms with Crippen molar-refractivity contribution >= 4 is 37.6 Å². The molecule has 0 saturated carbocycles. The van der Waals surface area contributed by atoms with Crippen LogP contribution < -0.4 is 4.74 Å². The van der Waals surface area contributed by atoms with Crippen molar-refractivity contribution in [2.45, 2.75) is 6.92 Å². The van der Waals surface area contributed by atoms with E-state index in [0.29, 0.717) is 15.8 Å². The van der Waals surface area contributed by atoms with Gasteiger partial charge in [0.05, 0.1) is 18.2 Å². The van der Waals surface area contributed by atoms with E-state index in [-0.39, 0.29) is 5.56 Å². The van der Waals surface area contributed by atoms with Crippen LogP contribution in [0.15, 0.2) is 39.3 Å². The van der Waals surface area contributed by atoms with Crippen LogP contribution >= 0.6 is 31.9 Å². The van der Waals surface area contributed by atoms with E-state index in [2.05, 4.69) is 31.9 Å². The minimum absolute atomic E-state index is 0.0160. The molecule has 0 bridgehead atoms. The second-order valence-electron chi connectivity index (χ2n) is 4.25. The third-order valence-electron chi connectivity index (χ3n) is 2.90. The Hall–Kier alpha value is -1.20. The molecule has 0 atom stereocenters. The summed E-state index contributed by atoms with van der Waals surface area (Å²) in [6.07, 6.45) is 0. The summed E-state index contributed by atoms with van der Waals surface area (Å²) in [5.74, 6) is -0.548. The van der Waals surface area contributed by atoms with Crippen LogP contribution in [0.4, 0.5) is 4.39 Å². The number of carbonyl (C=O) groups is 1. The molecule has 2 rings (SSSR count). The van der Waals surface area contributed by atoms with Gasteiger partial charge in [-0.3, -0.25) is 4.79 Å². The average Bonchev–Trinajstić information content (AvgIpc) is 2.40. The molecule has 0 radical (unpaired) electrons. The lowest BCUT2D eigenvalue weighted by Gasteiger charge is -2.11. The van der Waals surface area contributed by atoms with Crippen molar-refractivity contribution in [2.75, 3.05) is 7.11 Å². The smallest absolute Gasteiger partial charge is 0.199 e. The Morgan fingerprint density at radius 1 is 1.15 bits per heavy atom. The molecule has 0 aliphatic carbocycles. The minimum Gasteiger partial charge on any atom is -0.496 e. The molecule has 104 valence electrons. The van der Waals surface area contributed by atoms with Crippen LogP contribution in [0.25, 0.3) is 0 Å². The molecule has 0 fully saturated rings. The molecule has 5 heteroatoms. The summed E-state index contributed by atoms with van der Waals surface area (Å²) in [7, 11) is 1.48. The first-order valence-electron chi connectivity index (χ1n) is 5.78. The maximum atomic E-state index is 13.9. The summed E-state index contributed by atoms with van der Waals surface area (Å²) in [5, 5.41) is 0. The minimum atomic E-state index is -0.567. The lowest BCUT2D eigenvalue weighted by atomic mass is 10.0. The average molecular weight is 402 g/mol. The van der Waals surface area contributed by atoms with Crippen molar-refractivity contribution in [3.63, 3.8) is 0 Å². The van der Waals surface area contributed by atoms with E-state index in [1.165, 1.54) is 19.2 Å². The molecule has 20 heavy (non-hydrogen) atoms. The van der Waals surface area contributed by atoms with Gasteiger partial charge in [0.25, 0.3) is 0 Å². The summed E-state index contributed by atoms with van der Waals surface area (Å²) in [5.41, 5.74) is 1.28. The first-order valence-corrected chi connectivity index (χ1v) is 7.36. The van der Waals surface area contributed by atoms with Gasteiger partial charge in [-0.15, -0.1) is 0 Å². The number of ketones is 1. The van der Waals surface area contributed by atoms with Crippen LogP contribution in [0.2, 0.25) is 0 Å². The lowest BCUT2D eigenvalue weighted by Crippen LogP contribution is -2.07. The van der Waals surface area contributed by atoms with Crippen molar-refractivity contribution in [1.29, 1.82) is 0 Å². The molecule has 0 heterocycles. The lowest BCUT2D eigenvalue weighted by molar-refractivity contribution is 0.103. The highest BCUT2D eigenvalue weighted by atomic mass is 79.9. The van der Waals surface area contributed by atoms with Gasteiger partial charge in [-0.25, -0.2) is 4.39 Å². The monoisotopic (exact) mass is 400 g/mol. The molecule has 2 aromatic carbocycles. The van der Waals surface area contributed by atoms with Gasteiger partial charge in [-0.2, -0.15) is 0 Å². The second kappa shape index (κ2) is 6.06. The number of hydrogen-bond acceptors (Lipinski definition) is 2. The van der Waals surface area contributed by atoms with E-state index in [9.17, 15) is 9.18 Å². The zero-order valence-corrected chi connectivity index (χ0v) is 14.0. The molecule has 0 amide bonds. The van der Waals surface area contributed by atoms with E-state index < -0.39 is 11.6 Å². The van der Waals surface area contributed by atoms with E-state index in [0.717, 1.165) is 10.0 Å². The fourth-order valence-electron chi connectivity index (χ4n) is 1.82. The Kier molecular flexibility index (Phi) is 4.60. The number of halogens is 3. The van der Waals surface area contributed by atoms with Gasteiger partial charge >= 0.3 is 0 Å². The Balaban J connectivity index is 2.55. The molecule has 0 aliphatic rings.